The molecule has 8 aliphatic carbocycles. The van der Waals surface area contributed by atoms with Gasteiger partial charge in [-0.1, -0.05) is 25.8 Å². The van der Waals surface area contributed by atoms with Gasteiger partial charge in [-0.05, 0) is 147 Å². The molecule has 2 aromatic carbocycles. The largest absolute Gasteiger partial charge is 2.00 e. The standard InChI is InChI=1S/C38H53N2P2Si.C5H5.Fe/c1-43(2,3)32-16-31(33(17-32)38(41,34-6-4-8-39-34)35-7-5-9-40-35)24-42(36-18-25-10-26(19-36)12-27(11-25)20-36)37-21-28-13-29(22-37)15-30(14-28)23-37;1-2-4-5-3-1;/h4-9,16-17,25-30,39-40H,10-15,18-24,41H2,1-3H3;1-5H;/q2*-1;+2. The number of nitrogens with one attached hydrogen (secondary N) is 2. The zero-order chi connectivity index (χ0) is 32.7. The maximum absolute atomic E-state index is 3.69. The third-order valence-electron chi connectivity index (χ3n) is 14.4. The molecule has 2 heterocycles. The molecule has 0 radical (unpaired) electrons. The van der Waals surface area contributed by atoms with Gasteiger partial charge in [0.15, 0.2) is 0 Å². The third-order valence-corrected chi connectivity index (χ3v) is 21.3. The molecular formula is C43H58FeN2P2Si. The summed E-state index contributed by atoms with van der Waals surface area (Å²) in [4.78, 5) is 7.37. The predicted octanol–water partition coefficient (Wildman–Crippen LogP) is 11.1. The number of rotatable bonds is 8. The van der Waals surface area contributed by atoms with Gasteiger partial charge in [0.2, 0.25) is 0 Å². The quantitative estimate of drug-likeness (QED) is 0.102. The smallest absolute Gasteiger partial charge is 0.364 e. The van der Waals surface area contributed by atoms with Gasteiger partial charge in [0, 0.05) is 23.8 Å². The van der Waals surface area contributed by atoms with Crippen molar-refractivity contribution in [2.45, 2.75) is 118 Å². The van der Waals surface area contributed by atoms with Crippen molar-refractivity contribution in [1.29, 1.82) is 0 Å². The Hall–Kier alpha value is -1.14. The number of hydrogen-bond donors (Lipinski definition) is 2. The maximum atomic E-state index is 3.69. The molecule has 1 atom stereocenters. The van der Waals surface area contributed by atoms with E-state index in [1.165, 1.54) is 17.5 Å². The first kappa shape index (κ1) is 34.9. The molecule has 2 N–H and O–H groups in total. The summed E-state index contributed by atoms with van der Waals surface area (Å²) < 4.78 is 0. The minimum atomic E-state index is -1.51. The minimum absolute atomic E-state index is 0. The van der Waals surface area contributed by atoms with Gasteiger partial charge in [-0.2, -0.15) is 35.0 Å². The number of H-pyrrole nitrogens is 2. The van der Waals surface area contributed by atoms with Crippen molar-refractivity contribution in [2.24, 2.45) is 35.5 Å². The number of hydrogen-bond acceptors (Lipinski definition) is 0. The molecule has 0 saturated heterocycles. The van der Waals surface area contributed by atoms with Crippen LogP contribution in [0.4, 0.5) is 0 Å². The van der Waals surface area contributed by atoms with Crippen molar-refractivity contribution in [2.75, 3.05) is 0 Å². The fourth-order valence-electron chi connectivity index (χ4n) is 13.2. The second-order valence-electron chi connectivity index (χ2n) is 18.7. The first-order valence-electron chi connectivity index (χ1n) is 19.4. The summed E-state index contributed by atoms with van der Waals surface area (Å²) >= 11 is 0. The van der Waals surface area contributed by atoms with Crippen LogP contribution in [-0.4, -0.2) is 28.4 Å². The van der Waals surface area contributed by atoms with Crippen LogP contribution in [0.1, 0.15) is 99.6 Å². The molecule has 0 aliphatic heterocycles. The van der Waals surface area contributed by atoms with Gasteiger partial charge in [-0.3, -0.25) is 0 Å². The van der Waals surface area contributed by atoms with Crippen LogP contribution in [0.2, 0.25) is 19.6 Å². The summed E-state index contributed by atoms with van der Waals surface area (Å²) in [5.41, 5.74) is 5.88. The number of aromatic nitrogens is 2. The van der Waals surface area contributed by atoms with E-state index < -0.39 is 8.07 Å². The molecule has 0 spiro atoms. The van der Waals surface area contributed by atoms with Crippen LogP contribution in [-0.2, 0) is 28.4 Å². The summed E-state index contributed by atoms with van der Waals surface area (Å²) in [6.07, 6.45) is 24.6. The average Bonchev–Trinajstić information content (AvgIpc) is 3.86. The van der Waals surface area contributed by atoms with Crippen molar-refractivity contribution in [1.82, 2.24) is 9.97 Å². The molecule has 6 heteroatoms. The van der Waals surface area contributed by atoms with Gasteiger partial charge in [-0.25, -0.2) is 18.2 Å². The van der Waals surface area contributed by atoms with E-state index in [9.17, 15) is 0 Å². The Kier molecular flexibility index (Phi) is 9.31. The van der Waals surface area contributed by atoms with E-state index in [2.05, 4.69) is 87.6 Å². The summed E-state index contributed by atoms with van der Waals surface area (Å²) in [6, 6.07) is 24.5. The third kappa shape index (κ3) is 6.15. The molecule has 12 rings (SSSR count). The Morgan fingerprint density at radius 3 is 1.49 bits per heavy atom. The predicted molar refractivity (Wildman–Crippen MR) is 211 cm³/mol. The summed E-state index contributed by atoms with van der Waals surface area (Å²) in [7, 11) is 1.78. The molecule has 49 heavy (non-hydrogen) atoms. The number of aromatic amines is 2. The second kappa shape index (κ2) is 13.1. The van der Waals surface area contributed by atoms with Gasteiger partial charge >= 0.3 is 17.1 Å². The van der Waals surface area contributed by atoms with Crippen molar-refractivity contribution < 1.29 is 17.1 Å². The van der Waals surface area contributed by atoms with Gasteiger partial charge in [0.1, 0.15) is 0 Å². The SMILES string of the molecule is C[Si](C)(C)c1cc(CP(C23CC4CC(CC(C4)C2)C3)C23CC4CC(CC(C4)C2)C3)c(C(P)(c2ccc[nH]2)c2ccc[nH]2)[cH-]1.[Fe+2].c1cc[cH-]c1. The van der Waals surface area contributed by atoms with Crippen LogP contribution < -0.4 is 5.19 Å². The molecule has 0 amide bonds. The van der Waals surface area contributed by atoms with Gasteiger partial charge in [0.25, 0.3) is 0 Å². The molecule has 2 nitrogen and oxygen atoms in total. The Balaban J connectivity index is 0.000000536. The van der Waals surface area contributed by atoms with Crippen LogP contribution in [0.25, 0.3) is 0 Å². The zero-order valence-electron chi connectivity index (χ0n) is 30.0. The maximum Gasteiger partial charge on any atom is 2.00 e. The Bertz CT molecular complexity index is 1510. The minimum Gasteiger partial charge on any atom is -0.364 e. The zero-order valence-corrected chi connectivity index (χ0v) is 34.2. The Morgan fingerprint density at radius 1 is 0.735 bits per heavy atom. The van der Waals surface area contributed by atoms with Crippen LogP contribution in [0, 0.1) is 35.5 Å². The van der Waals surface area contributed by atoms with E-state index >= 15 is 0 Å². The van der Waals surface area contributed by atoms with Crippen LogP contribution in [0.5, 0.6) is 0 Å². The summed E-state index contributed by atoms with van der Waals surface area (Å²) in [5.74, 6) is 6.25. The van der Waals surface area contributed by atoms with Crippen LogP contribution in [0.3, 0.4) is 0 Å². The second-order valence-corrected chi connectivity index (χ2v) is 27.8. The molecule has 2 aromatic heterocycles. The Morgan fingerprint density at radius 2 is 1.16 bits per heavy atom. The van der Waals surface area contributed by atoms with Crippen LogP contribution in [0.15, 0.2) is 79.1 Å². The molecule has 1 unspecified atom stereocenters. The van der Waals surface area contributed by atoms with Gasteiger partial charge < -0.3 is 9.97 Å². The topological polar surface area (TPSA) is 31.6 Å². The summed E-state index contributed by atoms with van der Waals surface area (Å²) in [5, 5.41) is 2.70. The van der Waals surface area contributed by atoms with Gasteiger partial charge in [0.05, 0.1) is 13.2 Å². The fourth-order valence-corrected chi connectivity index (χ4v) is 20.2. The molecule has 8 saturated carbocycles. The Labute approximate surface area is 311 Å². The monoisotopic (exact) mass is 748 g/mol. The van der Waals surface area contributed by atoms with E-state index in [-0.39, 0.29) is 30.1 Å². The first-order valence-corrected chi connectivity index (χ1v) is 25.0. The van der Waals surface area contributed by atoms with Crippen molar-refractivity contribution >= 4 is 30.4 Å². The molecule has 4 aromatic rings. The van der Waals surface area contributed by atoms with Crippen molar-refractivity contribution in [3.8, 4) is 0 Å². The van der Waals surface area contributed by atoms with Crippen molar-refractivity contribution in [3.63, 3.8) is 0 Å². The van der Waals surface area contributed by atoms with E-state index in [0.717, 1.165) is 35.5 Å². The first-order chi connectivity index (χ1) is 23.1. The van der Waals surface area contributed by atoms with E-state index in [1.54, 1.807) is 93.4 Å². The van der Waals surface area contributed by atoms with Crippen LogP contribution >= 0.6 is 17.2 Å². The fraction of sp³-hybridized carbons (Fsp3) is 0.581. The molecular weight excluding hydrogens is 690 g/mol. The van der Waals surface area contributed by atoms with Gasteiger partial charge in [-0.15, -0.1) is 22.7 Å². The molecule has 8 aliphatic rings. The molecule has 8 bridgehead atoms. The van der Waals surface area contributed by atoms with E-state index in [0.29, 0.717) is 10.3 Å². The molecule has 8 fully saturated rings. The van der Waals surface area contributed by atoms with E-state index in [1.807, 2.05) is 30.3 Å². The molecule has 262 valence electrons. The van der Waals surface area contributed by atoms with Crippen molar-refractivity contribution in [3.05, 3.63) is 102 Å². The summed E-state index contributed by atoms with van der Waals surface area (Å²) in [6.45, 7) is 7.68. The normalized spacial score (nSPS) is 34.8. The van der Waals surface area contributed by atoms with E-state index in [4.69, 9.17) is 0 Å². The average molecular weight is 749 g/mol.